The highest BCUT2D eigenvalue weighted by Crippen LogP contribution is 2.38. The first-order valence-electron chi connectivity index (χ1n) is 7.88. The number of ether oxygens (including phenoxy) is 2. The normalized spacial score (nSPS) is 27.7. The lowest BCUT2D eigenvalue weighted by atomic mass is 9.82. The molecule has 22 heavy (non-hydrogen) atoms. The largest absolute Gasteiger partial charge is 0.497 e. The van der Waals surface area contributed by atoms with Gasteiger partial charge in [-0.05, 0) is 37.3 Å². The first-order valence-corrected chi connectivity index (χ1v) is 7.88. The molecule has 0 unspecified atom stereocenters. The van der Waals surface area contributed by atoms with E-state index in [1.54, 1.807) is 14.2 Å². The Morgan fingerprint density at radius 3 is 2.82 bits per heavy atom. The van der Waals surface area contributed by atoms with Crippen LogP contribution >= 0.6 is 0 Å². The first kappa shape index (κ1) is 15.2. The van der Waals surface area contributed by atoms with Crippen LogP contribution in [0.5, 0.6) is 11.5 Å². The zero-order valence-corrected chi connectivity index (χ0v) is 13.2. The van der Waals surface area contributed by atoms with Gasteiger partial charge in [0.05, 0.1) is 14.2 Å². The molecule has 1 aromatic rings. The number of amides is 1. The summed E-state index contributed by atoms with van der Waals surface area (Å²) in [6.07, 6.45) is 3.67. The minimum absolute atomic E-state index is 0.215. The first-order chi connectivity index (χ1) is 10.6. The van der Waals surface area contributed by atoms with Crippen LogP contribution in [0.3, 0.4) is 0 Å². The molecule has 1 saturated carbocycles. The van der Waals surface area contributed by atoms with Crippen molar-refractivity contribution in [2.75, 3.05) is 14.2 Å². The molecule has 1 aromatic carbocycles. The topological polar surface area (TPSA) is 64.8 Å². The van der Waals surface area contributed by atoms with Crippen LogP contribution in [-0.4, -0.2) is 37.1 Å². The molecule has 3 atom stereocenters. The summed E-state index contributed by atoms with van der Waals surface area (Å²) < 4.78 is 10.7. The molecule has 0 bridgehead atoms. The van der Waals surface area contributed by atoms with E-state index < -0.39 is 0 Å². The summed E-state index contributed by atoms with van der Waals surface area (Å²) in [5, 5.41) is 0. The molecular formula is C17H24N2O3. The minimum Gasteiger partial charge on any atom is -0.497 e. The van der Waals surface area contributed by atoms with Gasteiger partial charge in [-0.3, -0.25) is 4.79 Å². The Morgan fingerprint density at radius 1 is 1.27 bits per heavy atom. The van der Waals surface area contributed by atoms with Gasteiger partial charge in [-0.15, -0.1) is 0 Å². The van der Waals surface area contributed by atoms with Crippen molar-refractivity contribution >= 4 is 5.91 Å². The molecule has 2 aliphatic rings. The fourth-order valence-corrected chi connectivity index (χ4v) is 3.76. The predicted octanol–water partition coefficient (Wildman–Crippen LogP) is 1.93. The maximum atomic E-state index is 12.4. The van der Waals surface area contributed by atoms with Crippen molar-refractivity contribution in [2.45, 2.75) is 44.3 Å². The molecule has 3 rings (SSSR count). The minimum atomic E-state index is 0.215. The molecule has 5 nitrogen and oxygen atoms in total. The SMILES string of the molecule is COc1ccc(CN2C(=O)C[C@@H]3CC[C@H](N)C[C@@H]32)c(OC)c1. The standard InChI is InChI=1S/C17H24N2O3/c1-21-14-6-4-12(16(9-14)22-2)10-19-15-8-13(18)5-3-11(15)7-17(19)20/h4,6,9,11,13,15H,3,5,7-8,10,18H2,1-2H3/t11-,13-,15-/m0/s1. The molecule has 0 spiro atoms. The van der Waals surface area contributed by atoms with Crippen LogP contribution in [0.2, 0.25) is 0 Å². The Bertz CT molecular complexity index is 561. The van der Waals surface area contributed by atoms with E-state index in [2.05, 4.69) is 0 Å². The highest BCUT2D eigenvalue weighted by atomic mass is 16.5. The maximum absolute atomic E-state index is 12.4. The molecule has 2 fully saturated rings. The number of fused-ring (bicyclic) bond motifs is 1. The number of carbonyl (C=O) groups is 1. The van der Waals surface area contributed by atoms with Crippen LogP contribution in [0, 0.1) is 5.92 Å². The van der Waals surface area contributed by atoms with Crippen molar-refractivity contribution < 1.29 is 14.3 Å². The zero-order valence-electron chi connectivity index (χ0n) is 13.2. The molecule has 1 amide bonds. The third-order valence-electron chi connectivity index (χ3n) is 4.99. The second kappa shape index (κ2) is 6.16. The lowest BCUT2D eigenvalue weighted by Gasteiger charge is -2.34. The number of methoxy groups -OCH3 is 2. The van der Waals surface area contributed by atoms with Gasteiger partial charge in [-0.1, -0.05) is 0 Å². The summed E-state index contributed by atoms with van der Waals surface area (Å²) in [6.45, 7) is 0.583. The zero-order chi connectivity index (χ0) is 15.7. The number of hydrogen-bond donors (Lipinski definition) is 1. The summed E-state index contributed by atoms with van der Waals surface area (Å²) in [5.41, 5.74) is 7.12. The van der Waals surface area contributed by atoms with Crippen molar-refractivity contribution in [3.8, 4) is 11.5 Å². The van der Waals surface area contributed by atoms with Gasteiger partial charge in [0.15, 0.2) is 0 Å². The monoisotopic (exact) mass is 304 g/mol. The average molecular weight is 304 g/mol. The Kier molecular flexibility index (Phi) is 4.25. The van der Waals surface area contributed by atoms with Crippen molar-refractivity contribution in [1.29, 1.82) is 0 Å². The Hall–Kier alpha value is -1.75. The molecule has 120 valence electrons. The third kappa shape index (κ3) is 2.77. The number of nitrogens with two attached hydrogens (primary N) is 1. The van der Waals surface area contributed by atoms with Gasteiger partial charge >= 0.3 is 0 Å². The van der Waals surface area contributed by atoms with Gasteiger partial charge in [0, 0.05) is 36.7 Å². The fraction of sp³-hybridized carbons (Fsp3) is 0.588. The van der Waals surface area contributed by atoms with E-state index in [1.165, 1.54) is 0 Å². The molecule has 1 aliphatic carbocycles. The van der Waals surface area contributed by atoms with E-state index in [-0.39, 0.29) is 18.0 Å². The summed E-state index contributed by atoms with van der Waals surface area (Å²) >= 11 is 0. The van der Waals surface area contributed by atoms with Crippen molar-refractivity contribution in [2.24, 2.45) is 11.7 Å². The number of hydrogen-bond acceptors (Lipinski definition) is 4. The average Bonchev–Trinajstić information content (AvgIpc) is 2.83. The molecular weight excluding hydrogens is 280 g/mol. The predicted molar refractivity (Wildman–Crippen MR) is 83.8 cm³/mol. The Balaban J connectivity index is 1.81. The smallest absolute Gasteiger partial charge is 0.223 e. The third-order valence-corrected chi connectivity index (χ3v) is 4.99. The number of benzene rings is 1. The molecule has 0 radical (unpaired) electrons. The number of nitrogens with zero attached hydrogens (tertiary/aromatic N) is 1. The van der Waals surface area contributed by atoms with Gasteiger partial charge < -0.3 is 20.1 Å². The number of carbonyl (C=O) groups excluding carboxylic acids is 1. The summed E-state index contributed by atoms with van der Waals surface area (Å²) in [6, 6.07) is 6.24. The summed E-state index contributed by atoms with van der Waals surface area (Å²) in [5.74, 6) is 2.22. The van der Waals surface area contributed by atoms with Gasteiger partial charge in [0.1, 0.15) is 11.5 Å². The molecule has 1 heterocycles. The molecule has 0 aromatic heterocycles. The lowest BCUT2D eigenvalue weighted by molar-refractivity contribution is -0.129. The van der Waals surface area contributed by atoms with Crippen LogP contribution in [0.4, 0.5) is 0 Å². The van der Waals surface area contributed by atoms with Crippen molar-refractivity contribution in [3.63, 3.8) is 0 Å². The van der Waals surface area contributed by atoms with Crippen LogP contribution in [-0.2, 0) is 11.3 Å². The van der Waals surface area contributed by atoms with Crippen LogP contribution in [0.25, 0.3) is 0 Å². The van der Waals surface area contributed by atoms with E-state index >= 15 is 0 Å². The van der Waals surface area contributed by atoms with E-state index in [0.29, 0.717) is 18.9 Å². The van der Waals surface area contributed by atoms with Crippen molar-refractivity contribution in [1.82, 2.24) is 4.90 Å². The molecule has 5 heteroatoms. The van der Waals surface area contributed by atoms with Crippen LogP contribution < -0.4 is 15.2 Å². The van der Waals surface area contributed by atoms with Gasteiger partial charge in [-0.2, -0.15) is 0 Å². The van der Waals surface area contributed by atoms with E-state index in [9.17, 15) is 4.79 Å². The van der Waals surface area contributed by atoms with E-state index in [4.69, 9.17) is 15.2 Å². The summed E-state index contributed by atoms with van der Waals surface area (Å²) in [7, 11) is 3.27. The second-order valence-electron chi connectivity index (χ2n) is 6.30. The quantitative estimate of drug-likeness (QED) is 0.923. The van der Waals surface area contributed by atoms with E-state index in [0.717, 1.165) is 36.3 Å². The Morgan fingerprint density at radius 2 is 2.09 bits per heavy atom. The van der Waals surface area contributed by atoms with Crippen molar-refractivity contribution in [3.05, 3.63) is 23.8 Å². The van der Waals surface area contributed by atoms with E-state index in [1.807, 2.05) is 23.1 Å². The number of likely N-dealkylation sites (tertiary alicyclic amines) is 1. The number of rotatable bonds is 4. The summed E-state index contributed by atoms with van der Waals surface area (Å²) in [4.78, 5) is 14.4. The highest BCUT2D eigenvalue weighted by Gasteiger charge is 2.42. The van der Waals surface area contributed by atoms with Gasteiger partial charge in [0.25, 0.3) is 0 Å². The molecule has 1 aliphatic heterocycles. The Labute approximate surface area is 131 Å². The lowest BCUT2D eigenvalue weighted by Crippen LogP contribution is -2.42. The molecule has 1 saturated heterocycles. The van der Waals surface area contributed by atoms with Gasteiger partial charge in [-0.25, -0.2) is 0 Å². The van der Waals surface area contributed by atoms with Gasteiger partial charge in [0.2, 0.25) is 5.91 Å². The second-order valence-corrected chi connectivity index (χ2v) is 6.30. The van der Waals surface area contributed by atoms with Crippen LogP contribution in [0.1, 0.15) is 31.2 Å². The molecule has 2 N–H and O–H groups in total. The maximum Gasteiger partial charge on any atom is 0.223 e. The fourth-order valence-electron chi connectivity index (χ4n) is 3.76. The highest BCUT2D eigenvalue weighted by molar-refractivity contribution is 5.79. The van der Waals surface area contributed by atoms with Crippen LogP contribution in [0.15, 0.2) is 18.2 Å².